The van der Waals surface area contributed by atoms with E-state index in [4.69, 9.17) is 0 Å². The number of aromatic hydroxyl groups is 1. The summed E-state index contributed by atoms with van der Waals surface area (Å²) in [6, 6.07) is 10.3. The van der Waals surface area contributed by atoms with Gasteiger partial charge >= 0.3 is 0 Å². The highest BCUT2D eigenvalue weighted by molar-refractivity contribution is 14.1. The van der Waals surface area contributed by atoms with Crippen molar-refractivity contribution in [2.75, 3.05) is 5.32 Å². The molecule has 2 N–H and O–H groups in total. The van der Waals surface area contributed by atoms with E-state index in [0.29, 0.717) is 9.13 Å². The highest BCUT2D eigenvalue weighted by Crippen LogP contribution is 2.24. The van der Waals surface area contributed by atoms with Crippen LogP contribution in [0.5, 0.6) is 5.75 Å². The minimum atomic E-state index is -0.521. The van der Waals surface area contributed by atoms with Crippen LogP contribution in [0.1, 0.15) is 10.4 Å². The Labute approximate surface area is 127 Å². The van der Waals surface area contributed by atoms with Crippen LogP contribution in [0.3, 0.4) is 0 Å². The molecule has 0 saturated heterocycles. The monoisotopic (exact) mass is 384 g/mol. The fraction of sp³-hybridized carbons (Fsp3) is 0. The number of nitro groups is 1. The third-order valence-electron chi connectivity index (χ3n) is 2.56. The molecule has 102 valence electrons. The van der Waals surface area contributed by atoms with E-state index in [2.05, 4.69) is 5.32 Å². The maximum atomic E-state index is 12.1. The van der Waals surface area contributed by atoms with Crippen LogP contribution in [0.25, 0.3) is 0 Å². The zero-order valence-corrected chi connectivity index (χ0v) is 12.2. The molecular weight excluding hydrogens is 375 g/mol. The van der Waals surface area contributed by atoms with Crippen LogP contribution >= 0.6 is 22.6 Å². The maximum absolute atomic E-state index is 12.1. The molecule has 2 aromatic carbocycles. The summed E-state index contributed by atoms with van der Waals surface area (Å²) in [5, 5.41) is 22.8. The standard InChI is InChI=1S/C13H9IN2O4/c14-10-7-8(16(19)20)5-6-9(10)13(18)15-11-3-1-2-4-12(11)17/h1-7,17H,(H,15,18). The third-order valence-corrected chi connectivity index (χ3v) is 3.45. The predicted octanol–water partition coefficient (Wildman–Crippen LogP) is 3.16. The predicted molar refractivity (Wildman–Crippen MR) is 81.9 cm³/mol. The van der Waals surface area contributed by atoms with Crippen molar-refractivity contribution in [3.63, 3.8) is 0 Å². The van der Waals surface area contributed by atoms with Gasteiger partial charge < -0.3 is 10.4 Å². The molecule has 0 aromatic heterocycles. The number of benzene rings is 2. The molecule has 0 unspecified atom stereocenters. The number of nitrogens with zero attached hydrogens (tertiary/aromatic N) is 1. The minimum Gasteiger partial charge on any atom is -0.506 e. The molecule has 6 nitrogen and oxygen atoms in total. The fourth-order valence-electron chi connectivity index (χ4n) is 1.57. The first kappa shape index (κ1) is 14.3. The number of nitrogens with one attached hydrogen (secondary N) is 1. The Morgan fingerprint density at radius 1 is 1.25 bits per heavy atom. The van der Waals surface area contributed by atoms with E-state index in [9.17, 15) is 20.0 Å². The smallest absolute Gasteiger partial charge is 0.270 e. The Bertz CT molecular complexity index is 688. The van der Waals surface area contributed by atoms with Crippen molar-refractivity contribution in [1.29, 1.82) is 0 Å². The lowest BCUT2D eigenvalue weighted by molar-refractivity contribution is -0.384. The summed E-state index contributed by atoms with van der Waals surface area (Å²) in [4.78, 5) is 22.2. The molecule has 0 atom stereocenters. The summed E-state index contributed by atoms with van der Waals surface area (Å²) in [6.07, 6.45) is 0. The second kappa shape index (κ2) is 5.87. The van der Waals surface area contributed by atoms with Crippen LogP contribution in [-0.4, -0.2) is 15.9 Å². The van der Waals surface area contributed by atoms with Gasteiger partial charge in [-0.05, 0) is 40.8 Å². The van der Waals surface area contributed by atoms with E-state index >= 15 is 0 Å². The van der Waals surface area contributed by atoms with Crippen LogP contribution in [-0.2, 0) is 0 Å². The van der Waals surface area contributed by atoms with E-state index in [1.54, 1.807) is 18.2 Å². The number of non-ortho nitro benzene ring substituents is 1. The van der Waals surface area contributed by atoms with Gasteiger partial charge in [0.25, 0.3) is 11.6 Å². The Morgan fingerprint density at radius 2 is 1.95 bits per heavy atom. The van der Waals surface area contributed by atoms with E-state index in [0.717, 1.165) is 0 Å². The van der Waals surface area contributed by atoms with Crippen molar-refractivity contribution in [2.45, 2.75) is 0 Å². The highest BCUT2D eigenvalue weighted by Gasteiger charge is 2.15. The topological polar surface area (TPSA) is 92.5 Å². The number of amides is 1. The maximum Gasteiger partial charge on any atom is 0.270 e. The lowest BCUT2D eigenvalue weighted by Crippen LogP contribution is -2.13. The zero-order chi connectivity index (χ0) is 14.7. The van der Waals surface area contributed by atoms with Crippen LogP contribution in [0, 0.1) is 13.7 Å². The van der Waals surface area contributed by atoms with E-state index in [1.807, 2.05) is 22.6 Å². The molecule has 20 heavy (non-hydrogen) atoms. The van der Waals surface area contributed by atoms with Crippen LogP contribution in [0.15, 0.2) is 42.5 Å². The first-order valence-corrected chi connectivity index (χ1v) is 6.60. The molecule has 7 heteroatoms. The molecule has 1 amide bonds. The van der Waals surface area contributed by atoms with Crippen molar-refractivity contribution < 1.29 is 14.8 Å². The van der Waals surface area contributed by atoms with E-state index in [1.165, 1.54) is 24.3 Å². The summed E-state index contributed by atoms with van der Waals surface area (Å²) in [5.74, 6) is -0.483. The summed E-state index contributed by atoms with van der Waals surface area (Å²) < 4.78 is 0.463. The number of para-hydroxylation sites is 2. The van der Waals surface area contributed by atoms with Gasteiger partial charge in [-0.2, -0.15) is 0 Å². The van der Waals surface area contributed by atoms with Crippen molar-refractivity contribution in [3.8, 4) is 5.75 Å². The van der Waals surface area contributed by atoms with Gasteiger partial charge in [0.05, 0.1) is 16.2 Å². The molecule has 0 radical (unpaired) electrons. The Kier molecular flexibility index (Phi) is 4.18. The fourth-order valence-corrected chi connectivity index (χ4v) is 2.31. The molecule has 0 heterocycles. The van der Waals surface area contributed by atoms with Gasteiger partial charge in [0.1, 0.15) is 5.75 Å². The number of carbonyl (C=O) groups is 1. The number of hydrogen-bond acceptors (Lipinski definition) is 4. The number of phenolic OH excluding ortho intramolecular Hbond substituents is 1. The molecule has 2 rings (SSSR count). The Balaban J connectivity index is 2.26. The number of rotatable bonds is 3. The van der Waals surface area contributed by atoms with Crippen molar-refractivity contribution >= 4 is 39.9 Å². The number of carbonyl (C=O) groups excluding carboxylic acids is 1. The Hall–Kier alpha value is -2.16. The molecule has 0 aliphatic heterocycles. The summed E-state index contributed by atoms with van der Waals surface area (Å²) >= 11 is 1.86. The average Bonchev–Trinajstić information content (AvgIpc) is 2.41. The lowest BCUT2D eigenvalue weighted by Gasteiger charge is -2.08. The van der Waals surface area contributed by atoms with Crippen LogP contribution in [0.2, 0.25) is 0 Å². The number of hydrogen-bond donors (Lipinski definition) is 2. The normalized spacial score (nSPS) is 10.1. The second-order valence-electron chi connectivity index (χ2n) is 3.89. The number of phenols is 1. The van der Waals surface area contributed by atoms with Gasteiger partial charge in [0, 0.05) is 15.7 Å². The second-order valence-corrected chi connectivity index (χ2v) is 5.05. The first-order valence-electron chi connectivity index (χ1n) is 5.52. The van der Waals surface area contributed by atoms with Crippen molar-refractivity contribution in [2.24, 2.45) is 0 Å². The largest absolute Gasteiger partial charge is 0.506 e. The lowest BCUT2D eigenvalue weighted by atomic mass is 10.2. The van der Waals surface area contributed by atoms with Crippen molar-refractivity contribution in [1.82, 2.24) is 0 Å². The highest BCUT2D eigenvalue weighted by atomic mass is 127. The van der Waals surface area contributed by atoms with Gasteiger partial charge in [-0.1, -0.05) is 12.1 Å². The van der Waals surface area contributed by atoms with Gasteiger partial charge in [0.2, 0.25) is 0 Å². The Morgan fingerprint density at radius 3 is 2.55 bits per heavy atom. The van der Waals surface area contributed by atoms with Crippen LogP contribution in [0.4, 0.5) is 11.4 Å². The number of anilines is 1. The molecular formula is C13H9IN2O4. The number of halogens is 1. The molecule has 2 aromatic rings. The quantitative estimate of drug-likeness (QED) is 0.368. The minimum absolute atomic E-state index is 0.0437. The van der Waals surface area contributed by atoms with E-state index in [-0.39, 0.29) is 17.1 Å². The van der Waals surface area contributed by atoms with Gasteiger partial charge in [-0.15, -0.1) is 0 Å². The van der Waals surface area contributed by atoms with Crippen molar-refractivity contribution in [3.05, 3.63) is 61.7 Å². The molecule has 0 fully saturated rings. The summed E-state index contributed by atoms with van der Waals surface area (Å²) in [7, 11) is 0. The summed E-state index contributed by atoms with van der Waals surface area (Å²) in [6.45, 7) is 0. The SMILES string of the molecule is O=C(Nc1ccccc1O)c1ccc([N+](=O)[O-])cc1I. The molecule has 0 bridgehead atoms. The van der Waals surface area contributed by atoms with Crippen LogP contribution < -0.4 is 5.32 Å². The average molecular weight is 384 g/mol. The molecule has 0 aliphatic carbocycles. The van der Waals surface area contributed by atoms with E-state index < -0.39 is 10.8 Å². The van der Waals surface area contributed by atoms with Gasteiger partial charge in [-0.3, -0.25) is 14.9 Å². The van der Waals surface area contributed by atoms with Gasteiger partial charge in [-0.25, -0.2) is 0 Å². The van der Waals surface area contributed by atoms with Gasteiger partial charge in [0.15, 0.2) is 0 Å². The summed E-state index contributed by atoms with van der Waals surface area (Å²) in [5.41, 5.74) is 0.514. The number of nitro benzene ring substituents is 1. The molecule has 0 aliphatic rings. The molecule has 0 saturated carbocycles. The zero-order valence-electron chi connectivity index (χ0n) is 10.0. The first-order chi connectivity index (χ1) is 9.49. The molecule has 0 spiro atoms. The third kappa shape index (κ3) is 3.05.